The van der Waals surface area contributed by atoms with Crippen molar-refractivity contribution in [1.82, 2.24) is 0 Å². The highest BCUT2D eigenvalue weighted by atomic mass is 16.4. The van der Waals surface area contributed by atoms with Gasteiger partial charge in [0, 0.05) is 5.57 Å². The molecule has 0 radical (unpaired) electrons. The number of carboxylic acid groups (broad SMARTS) is 1. The molecule has 1 unspecified atom stereocenters. The molecule has 2 heteroatoms. The zero-order chi connectivity index (χ0) is 9.35. The van der Waals surface area contributed by atoms with Crippen molar-refractivity contribution in [3.63, 3.8) is 0 Å². The third-order valence-electron chi connectivity index (χ3n) is 2.65. The van der Waals surface area contributed by atoms with Gasteiger partial charge in [-0.1, -0.05) is 26.8 Å². The van der Waals surface area contributed by atoms with Crippen LogP contribution in [0.15, 0.2) is 11.6 Å². The SMILES string of the molecule is CC/C(=C\C1CC1(C)C)C(=O)O. The number of aliphatic carboxylic acids is 1. The van der Waals surface area contributed by atoms with Gasteiger partial charge < -0.3 is 5.11 Å². The van der Waals surface area contributed by atoms with E-state index in [1.807, 2.05) is 13.0 Å². The van der Waals surface area contributed by atoms with Gasteiger partial charge >= 0.3 is 5.97 Å². The van der Waals surface area contributed by atoms with Crippen LogP contribution in [0, 0.1) is 11.3 Å². The van der Waals surface area contributed by atoms with E-state index in [0.717, 1.165) is 6.42 Å². The van der Waals surface area contributed by atoms with Crippen molar-refractivity contribution < 1.29 is 9.90 Å². The Balaban J connectivity index is 2.62. The van der Waals surface area contributed by atoms with Crippen molar-refractivity contribution in [2.75, 3.05) is 0 Å². The van der Waals surface area contributed by atoms with Gasteiger partial charge in [-0.2, -0.15) is 0 Å². The molecule has 2 nitrogen and oxygen atoms in total. The van der Waals surface area contributed by atoms with Crippen molar-refractivity contribution in [3.05, 3.63) is 11.6 Å². The maximum absolute atomic E-state index is 10.6. The van der Waals surface area contributed by atoms with E-state index < -0.39 is 5.97 Å². The Kier molecular flexibility index (Phi) is 2.27. The molecule has 0 aliphatic heterocycles. The maximum atomic E-state index is 10.6. The van der Waals surface area contributed by atoms with Crippen molar-refractivity contribution in [2.24, 2.45) is 11.3 Å². The Hall–Kier alpha value is -0.790. The fraction of sp³-hybridized carbons (Fsp3) is 0.700. The van der Waals surface area contributed by atoms with Gasteiger partial charge in [-0.25, -0.2) is 4.79 Å². The molecule has 1 aliphatic carbocycles. The summed E-state index contributed by atoms with van der Waals surface area (Å²) in [6, 6.07) is 0. The molecule has 0 amide bonds. The van der Waals surface area contributed by atoms with Gasteiger partial charge in [0.2, 0.25) is 0 Å². The van der Waals surface area contributed by atoms with Crippen molar-refractivity contribution in [3.8, 4) is 0 Å². The monoisotopic (exact) mass is 168 g/mol. The van der Waals surface area contributed by atoms with Gasteiger partial charge in [0.15, 0.2) is 0 Å². The molecule has 0 spiro atoms. The number of carbonyl (C=O) groups is 1. The lowest BCUT2D eigenvalue weighted by Gasteiger charge is -1.99. The van der Waals surface area contributed by atoms with Crippen LogP contribution in [0.1, 0.15) is 33.6 Å². The van der Waals surface area contributed by atoms with Gasteiger partial charge in [0.1, 0.15) is 0 Å². The lowest BCUT2D eigenvalue weighted by atomic mass is 10.1. The summed E-state index contributed by atoms with van der Waals surface area (Å²) in [6.45, 7) is 6.22. The summed E-state index contributed by atoms with van der Waals surface area (Å²) in [5.41, 5.74) is 0.904. The van der Waals surface area contributed by atoms with E-state index in [0.29, 0.717) is 23.3 Å². The minimum absolute atomic E-state index is 0.343. The van der Waals surface area contributed by atoms with Crippen LogP contribution >= 0.6 is 0 Å². The quantitative estimate of drug-likeness (QED) is 0.657. The molecular weight excluding hydrogens is 152 g/mol. The van der Waals surface area contributed by atoms with Crippen LogP contribution in [0.5, 0.6) is 0 Å². The summed E-state index contributed by atoms with van der Waals surface area (Å²) >= 11 is 0. The molecule has 1 saturated carbocycles. The summed E-state index contributed by atoms with van der Waals surface area (Å²) in [4.78, 5) is 10.6. The van der Waals surface area contributed by atoms with Gasteiger partial charge in [-0.3, -0.25) is 0 Å². The molecule has 0 saturated heterocycles. The highest BCUT2D eigenvalue weighted by molar-refractivity contribution is 5.86. The van der Waals surface area contributed by atoms with Gasteiger partial charge in [0.25, 0.3) is 0 Å². The number of carboxylic acids is 1. The first kappa shape index (κ1) is 9.30. The van der Waals surface area contributed by atoms with E-state index >= 15 is 0 Å². The highest BCUT2D eigenvalue weighted by Gasteiger charge is 2.44. The highest BCUT2D eigenvalue weighted by Crippen LogP contribution is 2.52. The Morgan fingerprint density at radius 3 is 2.42 bits per heavy atom. The molecule has 1 fully saturated rings. The molecule has 0 aromatic carbocycles. The fourth-order valence-electron chi connectivity index (χ4n) is 1.38. The molecule has 1 aliphatic rings. The molecule has 1 rings (SSSR count). The van der Waals surface area contributed by atoms with Crippen LogP contribution in [-0.2, 0) is 4.79 Å². The van der Waals surface area contributed by atoms with Gasteiger partial charge in [-0.05, 0) is 24.2 Å². The van der Waals surface area contributed by atoms with Crippen molar-refractivity contribution in [1.29, 1.82) is 0 Å². The third-order valence-corrected chi connectivity index (χ3v) is 2.65. The van der Waals surface area contributed by atoms with E-state index in [2.05, 4.69) is 13.8 Å². The molecule has 0 aromatic heterocycles. The minimum atomic E-state index is -0.764. The molecule has 0 aromatic rings. The molecule has 0 heterocycles. The predicted molar refractivity (Wildman–Crippen MR) is 47.9 cm³/mol. The van der Waals surface area contributed by atoms with E-state index in [4.69, 9.17) is 5.11 Å². The number of rotatable bonds is 3. The normalized spacial score (nSPS) is 26.9. The molecule has 1 atom stereocenters. The zero-order valence-corrected chi connectivity index (χ0v) is 7.92. The van der Waals surface area contributed by atoms with E-state index in [1.165, 1.54) is 0 Å². The first-order valence-corrected chi connectivity index (χ1v) is 4.41. The van der Waals surface area contributed by atoms with Gasteiger partial charge in [0.05, 0.1) is 0 Å². The summed E-state index contributed by atoms with van der Waals surface area (Å²) in [6.07, 6.45) is 3.67. The lowest BCUT2D eigenvalue weighted by Crippen LogP contribution is -2.00. The number of hydrogen-bond donors (Lipinski definition) is 1. The standard InChI is InChI=1S/C10H16O2/c1-4-7(9(11)12)5-8-6-10(8,2)3/h5,8H,4,6H2,1-3H3,(H,11,12)/b7-5+. The van der Waals surface area contributed by atoms with E-state index in [9.17, 15) is 4.79 Å². The molecule has 68 valence electrons. The fourth-order valence-corrected chi connectivity index (χ4v) is 1.38. The smallest absolute Gasteiger partial charge is 0.331 e. The van der Waals surface area contributed by atoms with Crippen LogP contribution in [-0.4, -0.2) is 11.1 Å². The Bertz CT molecular complexity index is 226. The Morgan fingerprint density at radius 2 is 2.17 bits per heavy atom. The third kappa shape index (κ3) is 1.87. The summed E-state index contributed by atoms with van der Waals surface area (Å²) in [5.74, 6) is -0.274. The van der Waals surface area contributed by atoms with Crippen molar-refractivity contribution in [2.45, 2.75) is 33.6 Å². The zero-order valence-electron chi connectivity index (χ0n) is 7.92. The minimum Gasteiger partial charge on any atom is -0.478 e. The number of allylic oxidation sites excluding steroid dienone is 1. The summed E-state index contributed by atoms with van der Waals surface area (Å²) < 4.78 is 0. The second-order valence-electron chi connectivity index (χ2n) is 4.15. The van der Waals surface area contributed by atoms with Crippen LogP contribution in [0.2, 0.25) is 0 Å². The Morgan fingerprint density at radius 1 is 1.67 bits per heavy atom. The molecule has 12 heavy (non-hydrogen) atoms. The van der Waals surface area contributed by atoms with Crippen LogP contribution in [0.3, 0.4) is 0 Å². The van der Waals surface area contributed by atoms with Gasteiger partial charge in [-0.15, -0.1) is 0 Å². The number of hydrogen-bond acceptors (Lipinski definition) is 1. The average molecular weight is 168 g/mol. The topological polar surface area (TPSA) is 37.3 Å². The Labute approximate surface area is 73.3 Å². The molecule has 1 N–H and O–H groups in total. The van der Waals surface area contributed by atoms with Crippen LogP contribution in [0.4, 0.5) is 0 Å². The van der Waals surface area contributed by atoms with Crippen LogP contribution in [0.25, 0.3) is 0 Å². The summed E-state index contributed by atoms with van der Waals surface area (Å²) in [7, 11) is 0. The maximum Gasteiger partial charge on any atom is 0.331 e. The predicted octanol–water partition coefficient (Wildman–Crippen LogP) is 2.45. The average Bonchev–Trinajstić information content (AvgIpc) is 2.53. The summed E-state index contributed by atoms with van der Waals surface area (Å²) in [5, 5.41) is 8.75. The first-order chi connectivity index (χ1) is 5.47. The second kappa shape index (κ2) is 2.92. The largest absolute Gasteiger partial charge is 0.478 e. The first-order valence-electron chi connectivity index (χ1n) is 4.41. The second-order valence-corrected chi connectivity index (χ2v) is 4.15. The van der Waals surface area contributed by atoms with Crippen molar-refractivity contribution >= 4 is 5.97 Å². The van der Waals surface area contributed by atoms with E-state index in [-0.39, 0.29) is 0 Å². The van der Waals surface area contributed by atoms with Crippen LogP contribution < -0.4 is 0 Å². The lowest BCUT2D eigenvalue weighted by molar-refractivity contribution is -0.132. The van der Waals surface area contributed by atoms with E-state index in [1.54, 1.807) is 0 Å². The molecular formula is C10H16O2. The molecule has 0 bridgehead atoms.